The van der Waals surface area contributed by atoms with Gasteiger partial charge in [0.05, 0.1) is 4.91 Å². The third-order valence-electron chi connectivity index (χ3n) is 4.05. The number of nitrogens with zero attached hydrogens (tertiary/aromatic N) is 2. The summed E-state index contributed by atoms with van der Waals surface area (Å²) in [5, 5.41) is 0. The van der Waals surface area contributed by atoms with Crippen molar-refractivity contribution in [1.82, 2.24) is 9.80 Å². The third kappa shape index (κ3) is 2.70. The summed E-state index contributed by atoms with van der Waals surface area (Å²) < 4.78 is 0. The van der Waals surface area contributed by atoms with Crippen LogP contribution in [0.3, 0.4) is 0 Å². The number of benzene rings is 1. The van der Waals surface area contributed by atoms with Gasteiger partial charge >= 0.3 is 0 Å². The van der Waals surface area contributed by atoms with Gasteiger partial charge in [-0.25, -0.2) is 0 Å². The van der Waals surface area contributed by atoms with Crippen LogP contribution in [0.1, 0.15) is 25.3 Å². The molecule has 6 heteroatoms. The van der Waals surface area contributed by atoms with Gasteiger partial charge in [0, 0.05) is 25.2 Å². The molecule has 3 rings (SSSR count). The summed E-state index contributed by atoms with van der Waals surface area (Å²) in [5.41, 5.74) is 7.32. The van der Waals surface area contributed by atoms with Crippen LogP contribution in [0, 0.1) is 0 Å². The molecular weight excluding hydrogens is 298 g/mol. The minimum atomic E-state index is -0.422. The van der Waals surface area contributed by atoms with E-state index in [2.05, 4.69) is 4.90 Å². The molecule has 1 fully saturated rings. The van der Waals surface area contributed by atoms with E-state index in [9.17, 15) is 9.59 Å². The number of rotatable bonds is 4. The molecule has 1 aromatic carbocycles. The molecule has 2 amide bonds. The Morgan fingerprint density at radius 2 is 2.09 bits per heavy atom. The zero-order valence-electron chi connectivity index (χ0n) is 12.5. The molecule has 1 unspecified atom stereocenters. The Morgan fingerprint density at radius 3 is 2.68 bits per heavy atom. The summed E-state index contributed by atoms with van der Waals surface area (Å²) in [6.07, 6.45) is 1.46. The Kier molecular flexibility index (Phi) is 4.11. The zero-order chi connectivity index (χ0) is 15.7. The number of likely N-dealkylation sites (tertiary alicyclic amines) is 1. The van der Waals surface area contributed by atoms with Crippen LogP contribution >= 0.6 is 11.8 Å². The van der Waals surface area contributed by atoms with Gasteiger partial charge in [0.2, 0.25) is 5.91 Å². The van der Waals surface area contributed by atoms with E-state index in [0.717, 1.165) is 24.2 Å². The fraction of sp³-hybridized carbons (Fsp3) is 0.375. The largest absolute Gasteiger partial charge is 0.365 e. The molecule has 2 aliphatic rings. The number of thioether (sulfide) groups is 1. The molecule has 1 aromatic rings. The lowest BCUT2D eigenvalue weighted by molar-refractivity contribution is -0.130. The van der Waals surface area contributed by atoms with E-state index in [0.29, 0.717) is 17.9 Å². The maximum atomic E-state index is 12.1. The zero-order valence-corrected chi connectivity index (χ0v) is 13.3. The first-order chi connectivity index (χ1) is 10.6. The van der Waals surface area contributed by atoms with E-state index in [4.69, 9.17) is 5.73 Å². The first-order valence-electron chi connectivity index (χ1n) is 7.35. The van der Waals surface area contributed by atoms with Gasteiger partial charge in [-0.15, -0.1) is 0 Å². The fourth-order valence-corrected chi connectivity index (χ4v) is 4.22. The molecule has 0 spiro atoms. The van der Waals surface area contributed by atoms with Gasteiger partial charge in [-0.3, -0.25) is 9.59 Å². The Balaban J connectivity index is 1.89. The molecule has 0 radical (unpaired) electrons. The maximum Gasteiger partial charge on any atom is 0.257 e. The van der Waals surface area contributed by atoms with E-state index >= 15 is 0 Å². The van der Waals surface area contributed by atoms with Gasteiger partial charge in [-0.05, 0) is 18.9 Å². The van der Waals surface area contributed by atoms with Crippen LogP contribution < -0.4 is 5.73 Å². The number of amides is 2. The van der Waals surface area contributed by atoms with Gasteiger partial charge in [0.1, 0.15) is 0 Å². The number of allylic oxidation sites excluding steroid dienone is 1. The SMILES string of the molecule is CC1=C(C(N)=O)SC(N2CCCC2=O)N1Cc1ccccc1. The molecule has 116 valence electrons. The highest BCUT2D eigenvalue weighted by molar-refractivity contribution is 8.04. The van der Waals surface area contributed by atoms with Crippen molar-refractivity contribution in [3.05, 3.63) is 46.5 Å². The van der Waals surface area contributed by atoms with Crippen LogP contribution in [0.15, 0.2) is 40.9 Å². The minimum absolute atomic E-state index is 0.147. The lowest BCUT2D eigenvalue weighted by Gasteiger charge is -2.34. The molecule has 0 aromatic heterocycles. The lowest BCUT2D eigenvalue weighted by atomic mass is 10.2. The lowest BCUT2D eigenvalue weighted by Crippen LogP contribution is -2.43. The summed E-state index contributed by atoms with van der Waals surface area (Å²) in [6, 6.07) is 10.0. The van der Waals surface area contributed by atoms with Crippen molar-refractivity contribution in [2.75, 3.05) is 6.54 Å². The van der Waals surface area contributed by atoms with Crippen LogP contribution in [0.2, 0.25) is 0 Å². The van der Waals surface area contributed by atoms with E-state index in [1.165, 1.54) is 11.8 Å². The molecule has 0 bridgehead atoms. The van der Waals surface area contributed by atoms with Gasteiger partial charge in [0.15, 0.2) is 5.50 Å². The van der Waals surface area contributed by atoms with E-state index in [1.54, 1.807) is 0 Å². The van der Waals surface area contributed by atoms with Crippen molar-refractivity contribution >= 4 is 23.6 Å². The molecule has 0 aliphatic carbocycles. The van der Waals surface area contributed by atoms with E-state index < -0.39 is 5.91 Å². The Hall–Kier alpha value is -1.95. The van der Waals surface area contributed by atoms with Crippen LogP contribution in [-0.2, 0) is 16.1 Å². The monoisotopic (exact) mass is 317 g/mol. The Morgan fingerprint density at radius 1 is 1.36 bits per heavy atom. The topological polar surface area (TPSA) is 66.6 Å². The molecule has 2 N–H and O–H groups in total. The van der Waals surface area contributed by atoms with Crippen LogP contribution in [0.5, 0.6) is 0 Å². The molecule has 2 aliphatic heterocycles. The minimum Gasteiger partial charge on any atom is -0.365 e. The third-order valence-corrected chi connectivity index (χ3v) is 5.50. The van der Waals surface area contributed by atoms with Gasteiger partial charge in [0.25, 0.3) is 5.91 Å². The summed E-state index contributed by atoms with van der Waals surface area (Å²) in [6.45, 7) is 3.29. The summed E-state index contributed by atoms with van der Waals surface area (Å²) in [5.74, 6) is -0.274. The number of carbonyl (C=O) groups excluding carboxylic acids is 2. The van der Waals surface area contributed by atoms with Crippen LogP contribution in [-0.4, -0.2) is 33.7 Å². The first kappa shape index (κ1) is 15.0. The number of carbonyl (C=O) groups is 2. The highest BCUT2D eigenvalue weighted by Gasteiger charge is 2.40. The van der Waals surface area contributed by atoms with Crippen LogP contribution in [0.4, 0.5) is 0 Å². The molecule has 1 atom stereocenters. The van der Waals surface area contributed by atoms with Crippen molar-refractivity contribution in [2.24, 2.45) is 5.73 Å². The number of hydrogen-bond donors (Lipinski definition) is 1. The average Bonchev–Trinajstić information content (AvgIpc) is 3.05. The van der Waals surface area contributed by atoms with Crippen molar-refractivity contribution in [3.8, 4) is 0 Å². The van der Waals surface area contributed by atoms with Crippen molar-refractivity contribution in [1.29, 1.82) is 0 Å². The maximum absolute atomic E-state index is 12.1. The predicted molar refractivity (Wildman–Crippen MR) is 86.2 cm³/mol. The van der Waals surface area contributed by atoms with Crippen molar-refractivity contribution < 1.29 is 9.59 Å². The normalized spacial score (nSPS) is 21.9. The van der Waals surface area contributed by atoms with E-state index in [-0.39, 0.29) is 11.4 Å². The fourth-order valence-electron chi connectivity index (χ4n) is 2.90. The van der Waals surface area contributed by atoms with Crippen molar-refractivity contribution in [2.45, 2.75) is 31.8 Å². The van der Waals surface area contributed by atoms with E-state index in [1.807, 2.05) is 42.2 Å². The standard InChI is InChI=1S/C16H19N3O2S/c1-11-14(15(17)21)22-16(18-9-5-8-13(18)20)19(11)10-12-6-3-2-4-7-12/h2-4,6-7,16H,5,8-10H2,1H3,(H2,17,21). The van der Waals surface area contributed by atoms with Gasteiger partial charge in [-0.1, -0.05) is 42.1 Å². The second-order valence-electron chi connectivity index (χ2n) is 5.53. The quantitative estimate of drug-likeness (QED) is 0.920. The summed E-state index contributed by atoms with van der Waals surface area (Å²) in [7, 11) is 0. The second-order valence-corrected chi connectivity index (χ2v) is 6.59. The highest BCUT2D eigenvalue weighted by Crippen LogP contribution is 2.41. The first-order valence-corrected chi connectivity index (χ1v) is 8.23. The molecule has 1 saturated heterocycles. The number of nitrogens with two attached hydrogens (primary N) is 1. The summed E-state index contributed by atoms with van der Waals surface area (Å²) >= 11 is 1.39. The number of hydrogen-bond acceptors (Lipinski definition) is 4. The Labute approximate surface area is 134 Å². The van der Waals surface area contributed by atoms with Gasteiger partial charge < -0.3 is 15.5 Å². The second kappa shape index (κ2) is 6.04. The van der Waals surface area contributed by atoms with Crippen LogP contribution in [0.25, 0.3) is 0 Å². The summed E-state index contributed by atoms with van der Waals surface area (Å²) in [4.78, 5) is 28.3. The van der Waals surface area contributed by atoms with Gasteiger partial charge in [-0.2, -0.15) is 0 Å². The Bertz CT molecular complexity index is 630. The average molecular weight is 317 g/mol. The van der Waals surface area contributed by atoms with Crippen molar-refractivity contribution in [3.63, 3.8) is 0 Å². The molecule has 0 saturated carbocycles. The number of primary amides is 1. The molecule has 5 nitrogen and oxygen atoms in total. The molecular formula is C16H19N3O2S. The smallest absolute Gasteiger partial charge is 0.257 e. The molecule has 22 heavy (non-hydrogen) atoms. The molecule has 2 heterocycles. The predicted octanol–water partition coefficient (Wildman–Crippen LogP) is 1.86. The highest BCUT2D eigenvalue weighted by atomic mass is 32.2.